The van der Waals surface area contributed by atoms with Crippen molar-refractivity contribution >= 4 is 28.3 Å². The fourth-order valence-electron chi connectivity index (χ4n) is 2.38. The zero-order valence-corrected chi connectivity index (χ0v) is 13.5. The molecule has 0 atom stereocenters. The van der Waals surface area contributed by atoms with Crippen LogP contribution >= 0.6 is 11.6 Å². The fourth-order valence-corrected chi connectivity index (χ4v) is 2.58. The summed E-state index contributed by atoms with van der Waals surface area (Å²) in [5.74, 6) is -0.287. The van der Waals surface area contributed by atoms with Crippen LogP contribution < -0.4 is 5.32 Å². The van der Waals surface area contributed by atoms with Crippen LogP contribution in [-0.2, 0) is 12.4 Å². The number of aromatic nitrogens is 4. The molecule has 0 saturated heterocycles. The number of nitrogens with zero attached hydrogens (tertiary/aromatic N) is 4. The highest BCUT2D eigenvalue weighted by Crippen LogP contribution is 2.41. The van der Waals surface area contributed by atoms with Gasteiger partial charge in [-0.2, -0.15) is 36.1 Å². The third-order valence-corrected chi connectivity index (χ3v) is 3.69. The van der Waals surface area contributed by atoms with Gasteiger partial charge in [-0.25, -0.2) is 9.97 Å². The van der Waals surface area contributed by atoms with Crippen molar-refractivity contribution in [3.05, 3.63) is 40.8 Å². The summed E-state index contributed by atoms with van der Waals surface area (Å²) < 4.78 is 79.8. The molecule has 5 nitrogen and oxygen atoms in total. The summed E-state index contributed by atoms with van der Waals surface area (Å²) >= 11 is 5.98. The molecule has 3 aromatic heterocycles. The van der Waals surface area contributed by atoms with Gasteiger partial charge in [-0.1, -0.05) is 11.6 Å². The van der Waals surface area contributed by atoms with Crippen molar-refractivity contribution in [3.63, 3.8) is 0 Å². The number of halogens is 7. The lowest BCUT2D eigenvalue weighted by molar-refractivity contribution is -0.149. The topological polar surface area (TPSA) is 55.6 Å². The summed E-state index contributed by atoms with van der Waals surface area (Å²) in [7, 11) is 1.29. The molecule has 1 N–H and O–H groups in total. The van der Waals surface area contributed by atoms with E-state index in [0.29, 0.717) is 6.07 Å². The van der Waals surface area contributed by atoms with Crippen molar-refractivity contribution < 1.29 is 26.3 Å². The van der Waals surface area contributed by atoms with E-state index in [1.807, 2.05) is 0 Å². The Labute approximate surface area is 146 Å². The van der Waals surface area contributed by atoms with Gasteiger partial charge in [0.15, 0.2) is 11.5 Å². The minimum absolute atomic E-state index is 0.0450. The molecule has 0 spiro atoms. The zero-order valence-electron chi connectivity index (χ0n) is 12.7. The normalized spacial score (nSPS) is 12.6. The first-order valence-corrected chi connectivity index (χ1v) is 7.28. The van der Waals surface area contributed by atoms with E-state index in [4.69, 9.17) is 11.6 Å². The van der Waals surface area contributed by atoms with Gasteiger partial charge in [0.1, 0.15) is 11.5 Å². The van der Waals surface area contributed by atoms with Crippen LogP contribution in [0.5, 0.6) is 0 Å². The average Bonchev–Trinajstić information content (AvgIpc) is 2.90. The molecule has 0 aliphatic carbocycles. The predicted molar refractivity (Wildman–Crippen MR) is 81.2 cm³/mol. The maximum Gasteiger partial charge on any atom is 0.434 e. The Morgan fingerprint density at radius 1 is 1.12 bits per heavy atom. The highest BCUT2D eigenvalue weighted by atomic mass is 35.5. The van der Waals surface area contributed by atoms with Gasteiger partial charge >= 0.3 is 12.4 Å². The Morgan fingerprint density at radius 3 is 2.35 bits per heavy atom. The van der Waals surface area contributed by atoms with E-state index in [0.717, 1.165) is 4.68 Å². The first kappa shape index (κ1) is 18.2. The quantitative estimate of drug-likeness (QED) is 0.647. The van der Waals surface area contributed by atoms with Crippen LogP contribution in [0.25, 0.3) is 16.7 Å². The first-order valence-electron chi connectivity index (χ1n) is 6.91. The lowest BCUT2D eigenvalue weighted by Gasteiger charge is -2.12. The van der Waals surface area contributed by atoms with Crippen LogP contribution in [0, 0.1) is 0 Å². The summed E-state index contributed by atoms with van der Waals surface area (Å²) in [6.45, 7) is 0. The fraction of sp³-hybridized carbons (Fsp3) is 0.214. The SMILES string of the molecule is CNc1c2c(C(F)(F)F)nc(C(F)(F)F)cc2nn1-c1ncccc1Cl. The largest absolute Gasteiger partial charge is 0.434 e. The number of fused-ring (bicyclic) bond motifs is 1. The van der Waals surface area contributed by atoms with Crippen LogP contribution in [0.1, 0.15) is 11.4 Å². The number of rotatable bonds is 2. The van der Waals surface area contributed by atoms with Gasteiger partial charge in [-0.15, -0.1) is 0 Å². The van der Waals surface area contributed by atoms with Gasteiger partial charge in [0.05, 0.1) is 15.9 Å². The number of alkyl halides is 6. The number of nitrogens with one attached hydrogen (secondary N) is 1. The Hall–Kier alpha value is -2.56. The molecule has 0 radical (unpaired) electrons. The molecule has 3 heterocycles. The number of hydrogen-bond donors (Lipinski definition) is 1. The molecule has 0 unspecified atom stereocenters. The van der Waals surface area contributed by atoms with Crippen molar-refractivity contribution in [1.29, 1.82) is 0 Å². The van der Waals surface area contributed by atoms with E-state index in [2.05, 4.69) is 20.4 Å². The van der Waals surface area contributed by atoms with Gasteiger partial charge in [-0.3, -0.25) is 0 Å². The maximum atomic E-state index is 13.4. The molecule has 0 fully saturated rings. The van der Waals surface area contributed by atoms with E-state index in [-0.39, 0.29) is 16.7 Å². The molecule has 0 saturated carbocycles. The maximum absolute atomic E-state index is 13.4. The molecule has 138 valence electrons. The molecule has 3 aromatic rings. The van der Waals surface area contributed by atoms with Crippen LogP contribution in [0.4, 0.5) is 32.2 Å². The second-order valence-corrected chi connectivity index (χ2v) is 5.47. The van der Waals surface area contributed by atoms with Crippen molar-refractivity contribution in [2.75, 3.05) is 12.4 Å². The second-order valence-electron chi connectivity index (χ2n) is 5.06. The molecule has 0 amide bonds. The Bertz CT molecular complexity index is 978. The van der Waals surface area contributed by atoms with Crippen molar-refractivity contribution in [2.24, 2.45) is 0 Å². The van der Waals surface area contributed by atoms with Gasteiger partial charge in [0.2, 0.25) is 0 Å². The summed E-state index contributed by atoms with van der Waals surface area (Å²) in [5.41, 5.74) is -3.95. The molecule has 3 rings (SSSR count). The highest BCUT2D eigenvalue weighted by Gasteiger charge is 2.42. The molecule has 0 aliphatic rings. The van der Waals surface area contributed by atoms with Crippen molar-refractivity contribution in [3.8, 4) is 5.82 Å². The van der Waals surface area contributed by atoms with E-state index >= 15 is 0 Å². The molecule has 26 heavy (non-hydrogen) atoms. The lowest BCUT2D eigenvalue weighted by atomic mass is 10.2. The smallest absolute Gasteiger partial charge is 0.372 e. The summed E-state index contributed by atoms with van der Waals surface area (Å²) in [6, 6.07) is 3.34. The van der Waals surface area contributed by atoms with Crippen molar-refractivity contribution in [2.45, 2.75) is 12.4 Å². The van der Waals surface area contributed by atoms with Crippen molar-refractivity contribution in [1.82, 2.24) is 19.7 Å². The minimum atomic E-state index is -5.13. The number of anilines is 1. The van der Waals surface area contributed by atoms with Crippen LogP contribution in [0.2, 0.25) is 5.02 Å². The molecular weight excluding hydrogens is 388 g/mol. The molecule has 0 bridgehead atoms. The van der Waals surface area contributed by atoms with Gasteiger partial charge in [0, 0.05) is 13.2 Å². The summed E-state index contributed by atoms with van der Waals surface area (Å²) in [6.07, 6.45) is -8.88. The summed E-state index contributed by atoms with van der Waals surface area (Å²) in [5, 5.41) is 5.76. The summed E-state index contributed by atoms with van der Waals surface area (Å²) in [4.78, 5) is 6.70. The molecule has 12 heteroatoms. The van der Waals surface area contributed by atoms with Gasteiger partial charge in [0.25, 0.3) is 0 Å². The second kappa shape index (κ2) is 6.01. The van der Waals surface area contributed by atoms with Crippen LogP contribution in [0.3, 0.4) is 0 Å². The zero-order chi connectivity index (χ0) is 19.3. The van der Waals surface area contributed by atoms with E-state index in [1.54, 1.807) is 0 Å². The number of pyridine rings is 2. The van der Waals surface area contributed by atoms with Gasteiger partial charge < -0.3 is 5.32 Å². The number of hydrogen-bond acceptors (Lipinski definition) is 4. The minimum Gasteiger partial charge on any atom is -0.372 e. The Kier molecular flexibility index (Phi) is 4.21. The third-order valence-electron chi connectivity index (χ3n) is 3.39. The molecule has 0 aliphatic heterocycles. The Morgan fingerprint density at radius 2 is 1.81 bits per heavy atom. The molecule has 0 aromatic carbocycles. The first-order chi connectivity index (χ1) is 12.0. The molecular formula is C14H8ClF6N5. The van der Waals surface area contributed by atoms with Gasteiger partial charge in [-0.05, 0) is 18.2 Å². The van der Waals surface area contributed by atoms with E-state index in [9.17, 15) is 26.3 Å². The van der Waals surface area contributed by atoms with E-state index in [1.165, 1.54) is 25.4 Å². The Balaban J connectivity index is 2.43. The third kappa shape index (κ3) is 3.02. The average molecular weight is 396 g/mol. The van der Waals surface area contributed by atoms with Crippen LogP contribution in [0.15, 0.2) is 24.4 Å². The van der Waals surface area contributed by atoms with Crippen LogP contribution in [-0.4, -0.2) is 26.8 Å². The van der Waals surface area contributed by atoms with E-state index < -0.39 is 34.6 Å². The lowest BCUT2D eigenvalue weighted by Crippen LogP contribution is -2.15. The standard InChI is InChI=1S/C14H8ClF6N5/c1-22-12-9-7(25-26(12)11-6(15)3-2-4-23-11)5-8(13(16,17)18)24-10(9)14(19,20)21/h2-5,22H,1H3. The highest BCUT2D eigenvalue weighted by molar-refractivity contribution is 6.32. The monoisotopic (exact) mass is 395 g/mol. The predicted octanol–water partition coefficient (Wildman–Crippen LogP) is 4.55.